The molecule has 0 aliphatic rings. The molecule has 5 heteroatoms. The number of nitrogens with zero attached hydrogens (tertiary/aromatic N) is 2. The van der Waals surface area contributed by atoms with Gasteiger partial charge < -0.3 is 10.3 Å². The van der Waals surface area contributed by atoms with E-state index >= 15 is 0 Å². The molecule has 0 radical (unpaired) electrons. The molecule has 2 aromatic heterocycles. The van der Waals surface area contributed by atoms with Crippen LogP contribution in [0.5, 0.6) is 0 Å². The fourth-order valence-corrected chi connectivity index (χ4v) is 1.76. The standard InChI is InChI=1S/C8H10N4S/c1-9-8(6-3-2-4-10-6)7-5-13-12-11-7/h2-5,8-10H,1H3. The lowest BCUT2D eigenvalue weighted by Crippen LogP contribution is -2.18. The van der Waals surface area contributed by atoms with Crippen LogP contribution in [0.4, 0.5) is 0 Å². The van der Waals surface area contributed by atoms with Crippen molar-refractivity contribution in [3.8, 4) is 0 Å². The van der Waals surface area contributed by atoms with Crippen LogP contribution in [0.25, 0.3) is 0 Å². The summed E-state index contributed by atoms with van der Waals surface area (Å²) >= 11 is 1.37. The van der Waals surface area contributed by atoms with Crippen LogP contribution >= 0.6 is 11.5 Å². The van der Waals surface area contributed by atoms with Crippen molar-refractivity contribution in [3.63, 3.8) is 0 Å². The van der Waals surface area contributed by atoms with Crippen molar-refractivity contribution in [2.75, 3.05) is 7.05 Å². The van der Waals surface area contributed by atoms with Gasteiger partial charge in [0, 0.05) is 17.3 Å². The van der Waals surface area contributed by atoms with Crippen LogP contribution in [0.3, 0.4) is 0 Å². The minimum absolute atomic E-state index is 0.119. The first kappa shape index (κ1) is 8.40. The molecule has 0 spiro atoms. The molecule has 2 rings (SSSR count). The van der Waals surface area contributed by atoms with Crippen LogP contribution < -0.4 is 5.32 Å². The van der Waals surface area contributed by atoms with Crippen LogP contribution in [0.2, 0.25) is 0 Å². The van der Waals surface area contributed by atoms with Gasteiger partial charge in [-0.15, -0.1) is 5.10 Å². The lowest BCUT2D eigenvalue weighted by Gasteiger charge is -2.10. The summed E-state index contributed by atoms with van der Waals surface area (Å²) in [4.78, 5) is 3.15. The molecule has 0 amide bonds. The summed E-state index contributed by atoms with van der Waals surface area (Å²) in [5.74, 6) is 0. The predicted octanol–water partition coefficient (Wildman–Crippen LogP) is 1.17. The summed E-state index contributed by atoms with van der Waals surface area (Å²) in [6.45, 7) is 0. The van der Waals surface area contributed by atoms with Gasteiger partial charge in [-0.05, 0) is 30.7 Å². The predicted molar refractivity (Wildman–Crippen MR) is 51.6 cm³/mol. The van der Waals surface area contributed by atoms with E-state index in [1.54, 1.807) is 0 Å². The Morgan fingerprint density at radius 1 is 1.62 bits per heavy atom. The molecule has 1 unspecified atom stereocenters. The highest BCUT2D eigenvalue weighted by Gasteiger charge is 2.14. The van der Waals surface area contributed by atoms with Gasteiger partial charge in [0.05, 0.1) is 11.7 Å². The maximum atomic E-state index is 4.03. The quantitative estimate of drug-likeness (QED) is 0.771. The molecule has 0 aliphatic carbocycles. The van der Waals surface area contributed by atoms with Crippen molar-refractivity contribution >= 4 is 11.5 Å². The number of aromatic nitrogens is 3. The Labute approximate surface area is 80.2 Å². The van der Waals surface area contributed by atoms with Crippen molar-refractivity contribution in [1.82, 2.24) is 19.9 Å². The minimum Gasteiger partial charge on any atom is -0.363 e. The number of H-pyrrole nitrogens is 1. The smallest absolute Gasteiger partial charge is 0.0985 e. The molecular formula is C8H10N4S. The number of rotatable bonds is 3. The van der Waals surface area contributed by atoms with Crippen molar-refractivity contribution in [2.45, 2.75) is 6.04 Å². The zero-order valence-electron chi connectivity index (χ0n) is 7.19. The molecule has 0 fully saturated rings. The van der Waals surface area contributed by atoms with E-state index in [0.29, 0.717) is 0 Å². The first-order chi connectivity index (χ1) is 6.42. The second-order valence-corrected chi connectivity index (χ2v) is 3.29. The van der Waals surface area contributed by atoms with Crippen LogP contribution in [-0.4, -0.2) is 21.6 Å². The minimum atomic E-state index is 0.119. The van der Waals surface area contributed by atoms with Crippen LogP contribution in [0, 0.1) is 0 Å². The van der Waals surface area contributed by atoms with Gasteiger partial charge >= 0.3 is 0 Å². The number of hydrogen-bond donors (Lipinski definition) is 2. The second-order valence-electron chi connectivity index (χ2n) is 2.68. The lowest BCUT2D eigenvalue weighted by molar-refractivity contribution is 0.653. The molecule has 13 heavy (non-hydrogen) atoms. The maximum Gasteiger partial charge on any atom is 0.0985 e. The summed E-state index contributed by atoms with van der Waals surface area (Å²) in [5, 5.41) is 9.16. The Morgan fingerprint density at radius 3 is 3.08 bits per heavy atom. The third kappa shape index (κ3) is 1.61. The van der Waals surface area contributed by atoms with Crippen LogP contribution in [0.15, 0.2) is 23.7 Å². The number of nitrogens with one attached hydrogen (secondary N) is 2. The van der Waals surface area contributed by atoms with Gasteiger partial charge in [-0.1, -0.05) is 4.49 Å². The fourth-order valence-electron chi connectivity index (χ4n) is 1.28. The van der Waals surface area contributed by atoms with Crippen molar-refractivity contribution in [3.05, 3.63) is 35.1 Å². The zero-order chi connectivity index (χ0) is 9.10. The molecular weight excluding hydrogens is 184 g/mol. The highest BCUT2D eigenvalue weighted by molar-refractivity contribution is 7.03. The average Bonchev–Trinajstić information content (AvgIpc) is 2.76. The first-order valence-corrected chi connectivity index (χ1v) is 4.83. The first-order valence-electron chi connectivity index (χ1n) is 3.99. The van der Waals surface area contributed by atoms with E-state index in [1.807, 2.05) is 30.8 Å². The van der Waals surface area contributed by atoms with Gasteiger partial charge in [0.2, 0.25) is 0 Å². The van der Waals surface area contributed by atoms with Crippen LogP contribution in [0.1, 0.15) is 17.4 Å². The Hall–Kier alpha value is -1.20. The third-order valence-electron chi connectivity index (χ3n) is 1.89. The Bertz CT molecular complexity index is 306. The molecule has 68 valence electrons. The summed E-state index contributed by atoms with van der Waals surface area (Å²) in [7, 11) is 1.91. The third-order valence-corrected chi connectivity index (χ3v) is 2.42. The summed E-state index contributed by atoms with van der Waals surface area (Å²) in [6, 6.07) is 4.12. The highest BCUT2D eigenvalue weighted by Crippen LogP contribution is 2.18. The van der Waals surface area contributed by atoms with Gasteiger partial charge in [0.25, 0.3) is 0 Å². The molecule has 0 bridgehead atoms. The van der Waals surface area contributed by atoms with E-state index in [1.165, 1.54) is 11.5 Å². The van der Waals surface area contributed by atoms with E-state index in [4.69, 9.17) is 0 Å². The molecule has 4 nitrogen and oxygen atoms in total. The second kappa shape index (κ2) is 3.68. The van der Waals surface area contributed by atoms with Gasteiger partial charge in [-0.2, -0.15) is 0 Å². The molecule has 2 N–H and O–H groups in total. The lowest BCUT2D eigenvalue weighted by atomic mass is 10.1. The maximum absolute atomic E-state index is 4.03. The normalized spacial score (nSPS) is 13.0. The Balaban J connectivity index is 2.29. The summed E-state index contributed by atoms with van der Waals surface area (Å²) in [6.07, 6.45) is 1.90. The van der Waals surface area contributed by atoms with E-state index in [0.717, 1.165) is 11.4 Å². The molecule has 2 aromatic rings. The summed E-state index contributed by atoms with van der Waals surface area (Å²) in [5.41, 5.74) is 2.06. The molecule has 0 saturated heterocycles. The van der Waals surface area contributed by atoms with Gasteiger partial charge in [0.15, 0.2) is 0 Å². The van der Waals surface area contributed by atoms with Crippen molar-refractivity contribution in [2.24, 2.45) is 0 Å². The molecule has 1 atom stereocenters. The van der Waals surface area contributed by atoms with E-state index < -0.39 is 0 Å². The Kier molecular flexibility index (Phi) is 2.37. The zero-order valence-corrected chi connectivity index (χ0v) is 8.01. The topological polar surface area (TPSA) is 53.6 Å². The van der Waals surface area contributed by atoms with Gasteiger partial charge in [0.1, 0.15) is 0 Å². The summed E-state index contributed by atoms with van der Waals surface area (Å²) < 4.78 is 3.84. The van der Waals surface area contributed by atoms with E-state index in [9.17, 15) is 0 Å². The molecule has 0 aromatic carbocycles. The van der Waals surface area contributed by atoms with Crippen LogP contribution in [-0.2, 0) is 0 Å². The Morgan fingerprint density at radius 2 is 2.54 bits per heavy atom. The average molecular weight is 194 g/mol. The number of aromatic amines is 1. The van der Waals surface area contributed by atoms with Gasteiger partial charge in [-0.3, -0.25) is 0 Å². The SMILES string of the molecule is CNC(c1csnn1)c1ccc[nH]1. The molecule has 2 heterocycles. The van der Waals surface area contributed by atoms with Crippen molar-refractivity contribution in [1.29, 1.82) is 0 Å². The monoisotopic (exact) mass is 194 g/mol. The molecule has 0 aliphatic heterocycles. The molecule has 0 saturated carbocycles. The highest BCUT2D eigenvalue weighted by atomic mass is 32.1. The number of hydrogen-bond acceptors (Lipinski definition) is 4. The van der Waals surface area contributed by atoms with E-state index in [2.05, 4.69) is 19.9 Å². The van der Waals surface area contributed by atoms with Gasteiger partial charge in [-0.25, -0.2) is 0 Å². The van der Waals surface area contributed by atoms with Crippen molar-refractivity contribution < 1.29 is 0 Å². The largest absolute Gasteiger partial charge is 0.363 e. The fraction of sp³-hybridized carbons (Fsp3) is 0.250. The van der Waals surface area contributed by atoms with E-state index in [-0.39, 0.29) is 6.04 Å².